The van der Waals surface area contributed by atoms with E-state index in [4.69, 9.17) is 11.6 Å². The first-order valence-corrected chi connectivity index (χ1v) is 13.3. The number of hydrogen-bond donors (Lipinski definition) is 2. The van der Waals surface area contributed by atoms with Crippen molar-refractivity contribution >= 4 is 45.0 Å². The molecule has 8 nitrogen and oxygen atoms in total. The standard InChI is InChI=1S/C21H27ClN4O4S2/c1-3-7-15-12-19(27)25-21(23-15)31-14(2)20(28)24-18-13-16(8-9-17(18)22)32(29,30)26-10-5-4-6-11-26/h8-9,12-14H,3-7,10-11H2,1-2H3,(H,24,28)(H,23,25,27). The van der Waals surface area contributed by atoms with Crippen molar-refractivity contribution in [2.24, 2.45) is 0 Å². The molecule has 0 bridgehead atoms. The maximum Gasteiger partial charge on any atom is 0.251 e. The van der Waals surface area contributed by atoms with E-state index in [1.807, 2.05) is 6.92 Å². The number of hydrogen-bond acceptors (Lipinski definition) is 6. The average molecular weight is 499 g/mol. The van der Waals surface area contributed by atoms with Crippen molar-refractivity contribution in [1.82, 2.24) is 14.3 Å². The number of piperidine rings is 1. The fraction of sp³-hybridized carbons (Fsp3) is 0.476. The van der Waals surface area contributed by atoms with Crippen LogP contribution in [0, 0.1) is 0 Å². The number of carbonyl (C=O) groups is 1. The minimum atomic E-state index is -3.65. The average Bonchev–Trinajstić information content (AvgIpc) is 2.75. The number of aromatic nitrogens is 2. The first-order chi connectivity index (χ1) is 15.2. The number of H-pyrrole nitrogens is 1. The Labute approximate surface area is 197 Å². The summed E-state index contributed by atoms with van der Waals surface area (Å²) in [6, 6.07) is 5.77. The second-order valence-electron chi connectivity index (χ2n) is 7.65. The Kier molecular flexibility index (Phi) is 8.37. The molecule has 0 aliphatic carbocycles. The number of aromatic amines is 1. The molecule has 0 radical (unpaired) electrons. The molecule has 1 aromatic carbocycles. The number of nitrogens with zero attached hydrogens (tertiary/aromatic N) is 2. The summed E-state index contributed by atoms with van der Waals surface area (Å²) < 4.78 is 27.4. The summed E-state index contributed by atoms with van der Waals surface area (Å²) in [7, 11) is -3.65. The lowest BCUT2D eigenvalue weighted by atomic mass is 10.2. The van der Waals surface area contributed by atoms with Gasteiger partial charge in [-0.15, -0.1) is 0 Å². The summed E-state index contributed by atoms with van der Waals surface area (Å²) in [6.45, 7) is 4.65. The van der Waals surface area contributed by atoms with Gasteiger partial charge in [0.1, 0.15) is 0 Å². The Morgan fingerprint density at radius 2 is 2.00 bits per heavy atom. The molecule has 0 spiro atoms. The Balaban J connectivity index is 1.74. The molecule has 1 atom stereocenters. The van der Waals surface area contributed by atoms with Crippen LogP contribution in [0.1, 0.15) is 45.2 Å². The highest BCUT2D eigenvalue weighted by Crippen LogP contribution is 2.29. The molecule has 174 valence electrons. The third-order valence-electron chi connectivity index (χ3n) is 5.09. The molecule has 0 saturated carbocycles. The molecule has 1 amide bonds. The molecule has 1 fully saturated rings. The minimum absolute atomic E-state index is 0.0951. The number of carbonyl (C=O) groups excluding carboxylic acids is 1. The fourth-order valence-electron chi connectivity index (χ4n) is 3.39. The fourth-order valence-corrected chi connectivity index (χ4v) is 5.93. The van der Waals surface area contributed by atoms with E-state index in [1.54, 1.807) is 6.92 Å². The maximum atomic E-state index is 13.0. The molecule has 1 unspecified atom stereocenters. The van der Waals surface area contributed by atoms with Gasteiger partial charge in [-0.3, -0.25) is 9.59 Å². The summed E-state index contributed by atoms with van der Waals surface area (Å²) in [5.74, 6) is -0.382. The second-order valence-corrected chi connectivity index (χ2v) is 11.3. The van der Waals surface area contributed by atoms with E-state index in [9.17, 15) is 18.0 Å². The van der Waals surface area contributed by atoms with E-state index in [-0.39, 0.29) is 27.1 Å². The van der Waals surface area contributed by atoms with Crippen LogP contribution in [-0.2, 0) is 21.2 Å². The Hall–Kier alpha value is -1.88. The number of benzene rings is 1. The SMILES string of the molecule is CCCc1cc(=O)[nH]c(SC(C)C(=O)Nc2cc(S(=O)(=O)N3CCCCC3)ccc2Cl)n1. The molecule has 2 aromatic rings. The van der Waals surface area contributed by atoms with Crippen molar-refractivity contribution < 1.29 is 13.2 Å². The Morgan fingerprint density at radius 1 is 1.28 bits per heavy atom. The van der Waals surface area contributed by atoms with E-state index in [0.29, 0.717) is 30.4 Å². The molecule has 1 aromatic heterocycles. The van der Waals surface area contributed by atoms with Crippen LogP contribution in [0.3, 0.4) is 0 Å². The highest BCUT2D eigenvalue weighted by molar-refractivity contribution is 8.00. The lowest BCUT2D eigenvalue weighted by Crippen LogP contribution is -2.35. The lowest BCUT2D eigenvalue weighted by Gasteiger charge is -2.26. The van der Waals surface area contributed by atoms with Gasteiger partial charge < -0.3 is 10.3 Å². The van der Waals surface area contributed by atoms with E-state index < -0.39 is 15.3 Å². The number of aryl methyl sites for hydroxylation is 1. The van der Waals surface area contributed by atoms with Crippen LogP contribution in [0.4, 0.5) is 5.69 Å². The van der Waals surface area contributed by atoms with Gasteiger partial charge in [0.2, 0.25) is 15.9 Å². The Morgan fingerprint density at radius 3 is 2.69 bits per heavy atom. The molecular formula is C21H27ClN4O4S2. The molecule has 2 heterocycles. The van der Waals surface area contributed by atoms with Crippen LogP contribution in [-0.4, -0.2) is 46.9 Å². The van der Waals surface area contributed by atoms with Gasteiger partial charge in [0.05, 0.1) is 20.9 Å². The first kappa shape index (κ1) is 24.8. The third kappa shape index (κ3) is 6.12. The van der Waals surface area contributed by atoms with Gasteiger partial charge >= 0.3 is 0 Å². The zero-order valence-corrected chi connectivity index (χ0v) is 20.4. The van der Waals surface area contributed by atoms with Crippen LogP contribution < -0.4 is 10.9 Å². The predicted octanol–water partition coefficient (Wildman–Crippen LogP) is 3.67. The van der Waals surface area contributed by atoms with Crippen molar-refractivity contribution in [2.45, 2.75) is 61.3 Å². The van der Waals surface area contributed by atoms with Gasteiger partial charge in [-0.25, -0.2) is 13.4 Å². The quantitative estimate of drug-likeness (QED) is 0.424. The first-order valence-electron chi connectivity index (χ1n) is 10.6. The molecule has 1 aliphatic heterocycles. The summed E-state index contributed by atoms with van der Waals surface area (Å²) >= 11 is 7.34. The van der Waals surface area contributed by atoms with Crippen molar-refractivity contribution in [3.8, 4) is 0 Å². The molecule has 2 N–H and O–H groups in total. The molecule has 3 rings (SSSR count). The Bertz CT molecular complexity index is 1130. The normalized spacial score (nSPS) is 16.0. The molecular weight excluding hydrogens is 472 g/mol. The zero-order valence-electron chi connectivity index (χ0n) is 18.1. The lowest BCUT2D eigenvalue weighted by molar-refractivity contribution is -0.115. The summed E-state index contributed by atoms with van der Waals surface area (Å²) in [5.41, 5.74) is 0.630. The van der Waals surface area contributed by atoms with Crippen molar-refractivity contribution in [1.29, 1.82) is 0 Å². The largest absolute Gasteiger partial charge is 0.324 e. The monoisotopic (exact) mass is 498 g/mol. The van der Waals surface area contributed by atoms with Crippen molar-refractivity contribution in [2.75, 3.05) is 18.4 Å². The number of rotatable bonds is 8. The topological polar surface area (TPSA) is 112 Å². The number of halogens is 1. The van der Waals surface area contributed by atoms with Crippen LogP contribution in [0.25, 0.3) is 0 Å². The molecule has 1 saturated heterocycles. The second kappa shape index (κ2) is 10.8. The zero-order chi connectivity index (χ0) is 23.3. The third-order valence-corrected chi connectivity index (χ3v) is 8.29. The molecule has 32 heavy (non-hydrogen) atoms. The smallest absolute Gasteiger partial charge is 0.251 e. The van der Waals surface area contributed by atoms with Crippen molar-refractivity contribution in [3.63, 3.8) is 0 Å². The molecule has 11 heteroatoms. The minimum Gasteiger partial charge on any atom is -0.324 e. The summed E-state index contributed by atoms with van der Waals surface area (Å²) in [4.78, 5) is 31.7. The van der Waals surface area contributed by atoms with E-state index >= 15 is 0 Å². The van der Waals surface area contributed by atoms with Gasteiger partial charge in [0.15, 0.2) is 5.16 Å². The number of anilines is 1. The van der Waals surface area contributed by atoms with E-state index in [1.165, 1.54) is 28.6 Å². The highest BCUT2D eigenvalue weighted by Gasteiger charge is 2.27. The number of thioether (sulfide) groups is 1. The van der Waals surface area contributed by atoms with Gasteiger partial charge in [0.25, 0.3) is 5.56 Å². The van der Waals surface area contributed by atoms with Gasteiger partial charge in [0, 0.05) is 24.8 Å². The van der Waals surface area contributed by atoms with E-state index in [2.05, 4.69) is 15.3 Å². The number of sulfonamides is 1. The summed E-state index contributed by atoms with van der Waals surface area (Å²) in [5, 5.41) is 2.70. The van der Waals surface area contributed by atoms with Gasteiger partial charge in [-0.05, 0) is 44.4 Å². The van der Waals surface area contributed by atoms with Gasteiger partial charge in [-0.2, -0.15) is 4.31 Å². The van der Waals surface area contributed by atoms with Crippen LogP contribution >= 0.6 is 23.4 Å². The highest BCUT2D eigenvalue weighted by atomic mass is 35.5. The van der Waals surface area contributed by atoms with Crippen LogP contribution in [0.5, 0.6) is 0 Å². The summed E-state index contributed by atoms with van der Waals surface area (Å²) in [6.07, 6.45) is 4.21. The van der Waals surface area contributed by atoms with Crippen molar-refractivity contribution in [3.05, 3.63) is 45.3 Å². The van der Waals surface area contributed by atoms with E-state index in [0.717, 1.165) is 37.4 Å². The van der Waals surface area contributed by atoms with Gasteiger partial charge in [-0.1, -0.05) is 43.1 Å². The number of amides is 1. The predicted molar refractivity (Wildman–Crippen MR) is 127 cm³/mol. The number of nitrogens with one attached hydrogen (secondary N) is 2. The molecule has 1 aliphatic rings. The van der Waals surface area contributed by atoms with Crippen LogP contribution in [0.15, 0.2) is 39.1 Å². The van der Waals surface area contributed by atoms with Crippen LogP contribution in [0.2, 0.25) is 5.02 Å². The maximum absolute atomic E-state index is 13.0.